The Balaban J connectivity index is 0. The summed E-state index contributed by atoms with van der Waals surface area (Å²) in [4.78, 5) is 3.47. The van der Waals surface area contributed by atoms with Gasteiger partial charge in [0.2, 0.25) is 5.96 Å². The van der Waals surface area contributed by atoms with Crippen molar-refractivity contribution in [3.05, 3.63) is 0 Å². The molecular formula is C2H10N4O4S. The highest BCUT2D eigenvalue weighted by atomic mass is 32.3. The van der Waals surface area contributed by atoms with Crippen molar-refractivity contribution < 1.29 is 17.5 Å². The van der Waals surface area contributed by atoms with Crippen LogP contribution in [0.1, 0.15) is 0 Å². The maximum absolute atomic E-state index is 8.74. The highest BCUT2D eigenvalue weighted by Crippen LogP contribution is 1.59. The van der Waals surface area contributed by atoms with Crippen LogP contribution in [0.5, 0.6) is 0 Å². The molecule has 0 saturated heterocycles. The minimum Gasteiger partial charge on any atom is -0.369 e. The molecule has 68 valence electrons. The molecule has 0 spiro atoms. The van der Waals surface area contributed by atoms with Crippen LogP contribution in [0.2, 0.25) is 0 Å². The minimum absolute atomic E-state index is 0.245. The predicted octanol–water partition coefficient (Wildman–Crippen LogP) is -2.26. The molecule has 9 heteroatoms. The van der Waals surface area contributed by atoms with Gasteiger partial charge in [0.15, 0.2) is 0 Å². The molecular weight excluding hydrogens is 176 g/mol. The van der Waals surface area contributed by atoms with E-state index in [1.165, 1.54) is 0 Å². The number of guanidine groups is 1. The molecule has 0 aliphatic carbocycles. The van der Waals surface area contributed by atoms with E-state index in [1.54, 1.807) is 7.05 Å². The van der Waals surface area contributed by atoms with Crippen molar-refractivity contribution in [3.63, 3.8) is 0 Å². The van der Waals surface area contributed by atoms with Crippen molar-refractivity contribution in [1.82, 2.24) is 5.43 Å². The number of hydrogen-bond acceptors (Lipinski definition) is 4. The zero-order chi connectivity index (χ0) is 9.49. The zero-order valence-corrected chi connectivity index (χ0v) is 6.54. The van der Waals surface area contributed by atoms with E-state index in [1.807, 2.05) is 0 Å². The van der Waals surface area contributed by atoms with Crippen LogP contribution in [0, 0.1) is 0 Å². The first-order valence-electron chi connectivity index (χ1n) is 2.20. The van der Waals surface area contributed by atoms with E-state index in [2.05, 4.69) is 10.4 Å². The van der Waals surface area contributed by atoms with E-state index >= 15 is 0 Å². The lowest BCUT2D eigenvalue weighted by Gasteiger charge is -1.90. The standard InChI is InChI=1S/C2H8N4.H2O4S/c1-5-2(3)6-4;1-5(2,3)4/h4H2,1H3,(H3,3,5,6);(H2,1,2,3,4). The molecule has 0 radical (unpaired) electrons. The summed E-state index contributed by atoms with van der Waals surface area (Å²) in [6.45, 7) is 0. The van der Waals surface area contributed by atoms with E-state index < -0.39 is 10.4 Å². The van der Waals surface area contributed by atoms with Crippen molar-refractivity contribution in [3.8, 4) is 0 Å². The molecule has 0 saturated carbocycles. The van der Waals surface area contributed by atoms with Gasteiger partial charge in [-0.1, -0.05) is 0 Å². The number of nitrogens with zero attached hydrogens (tertiary/aromatic N) is 1. The molecule has 8 nitrogen and oxygen atoms in total. The second-order valence-electron chi connectivity index (χ2n) is 1.20. The van der Waals surface area contributed by atoms with E-state index in [9.17, 15) is 0 Å². The van der Waals surface area contributed by atoms with Crippen LogP contribution in [0.25, 0.3) is 0 Å². The van der Waals surface area contributed by atoms with E-state index in [0.717, 1.165) is 0 Å². The zero-order valence-electron chi connectivity index (χ0n) is 5.72. The van der Waals surface area contributed by atoms with Crippen molar-refractivity contribution >= 4 is 16.4 Å². The maximum atomic E-state index is 8.74. The van der Waals surface area contributed by atoms with Gasteiger partial charge in [0.05, 0.1) is 0 Å². The topological polar surface area (TPSA) is 151 Å². The highest BCUT2D eigenvalue weighted by molar-refractivity contribution is 7.79. The molecule has 0 aromatic carbocycles. The fraction of sp³-hybridized carbons (Fsp3) is 0.500. The van der Waals surface area contributed by atoms with E-state index in [-0.39, 0.29) is 5.96 Å². The van der Waals surface area contributed by atoms with Crippen molar-refractivity contribution in [2.24, 2.45) is 16.6 Å². The summed E-state index contributed by atoms with van der Waals surface area (Å²) in [6.07, 6.45) is 0. The lowest BCUT2D eigenvalue weighted by Crippen LogP contribution is -2.36. The molecule has 0 aromatic rings. The fourth-order valence-electron chi connectivity index (χ4n) is 0.0645. The summed E-state index contributed by atoms with van der Waals surface area (Å²) in [7, 11) is -3.12. The summed E-state index contributed by atoms with van der Waals surface area (Å²) >= 11 is 0. The summed E-state index contributed by atoms with van der Waals surface area (Å²) in [5, 5.41) is 0. The van der Waals surface area contributed by atoms with Gasteiger partial charge in [0.25, 0.3) is 0 Å². The first kappa shape index (κ1) is 12.7. The quantitative estimate of drug-likeness (QED) is 0.0941. The lowest BCUT2D eigenvalue weighted by molar-refractivity contribution is 0.381. The maximum Gasteiger partial charge on any atom is 0.394 e. The smallest absolute Gasteiger partial charge is 0.369 e. The average Bonchev–Trinajstić information content (AvgIpc) is 1.83. The van der Waals surface area contributed by atoms with Crippen LogP contribution < -0.4 is 17.0 Å². The van der Waals surface area contributed by atoms with Gasteiger partial charge in [-0.25, -0.2) is 5.84 Å². The number of aliphatic imine (C=N–C) groups is 1. The Labute approximate surface area is 63.8 Å². The minimum atomic E-state index is -4.67. The molecule has 0 atom stereocenters. The Morgan fingerprint density at radius 1 is 1.55 bits per heavy atom. The highest BCUT2D eigenvalue weighted by Gasteiger charge is 1.84. The van der Waals surface area contributed by atoms with Gasteiger partial charge >= 0.3 is 10.4 Å². The second-order valence-corrected chi connectivity index (χ2v) is 2.10. The third-order valence-electron chi connectivity index (χ3n) is 0.389. The Morgan fingerprint density at radius 3 is 1.82 bits per heavy atom. The van der Waals surface area contributed by atoms with Gasteiger partial charge in [-0.05, 0) is 0 Å². The molecule has 0 unspecified atom stereocenters. The Hall–Kier alpha value is -0.900. The van der Waals surface area contributed by atoms with Gasteiger partial charge < -0.3 is 5.73 Å². The third kappa shape index (κ3) is 47.7. The SMILES string of the molecule is CN=C(N)NN.O=S(=O)(O)O. The normalized spacial score (nSPS) is 11.5. The Bertz CT molecular complexity index is 200. The molecule has 0 rings (SSSR count). The van der Waals surface area contributed by atoms with Crippen LogP contribution in [0.4, 0.5) is 0 Å². The number of hydrazine groups is 1. The number of hydrogen-bond donors (Lipinski definition) is 5. The lowest BCUT2D eigenvalue weighted by atomic mass is 11.0. The number of nitrogens with two attached hydrogens (primary N) is 2. The predicted molar refractivity (Wildman–Crippen MR) is 39.0 cm³/mol. The van der Waals surface area contributed by atoms with Crippen molar-refractivity contribution in [2.75, 3.05) is 7.05 Å². The van der Waals surface area contributed by atoms with Crippen LogP contribution in [-0.2, 0) is 10.4 Å². The Kier molecular flexibility index (Phi) is 6.78. The van der Waals surface area contributed by atoms with Gasteiger partial charge in [-0.15, -0.1) is 0 Å². The van der Waals surface area contributed by atoms with Gasteiger partial charge in [0, 0.05) is 7.05 Å². The second kappa shape index (κ2) is 5.85. The first-order chi connectivity index (χ1) is 4.81. The summed E-state index contributed by atoms with van der Waals surface area (Å²) in [5.41, 5.74) is 7.13. The molecule has 0 heterocycles. The van der Waals surface area contributed by atoms with Crippen molar-refractivity contribution in [2.45, 2.75) is 0 Å². The largest absolute Gasteiger partial charge is 0.394 e. The van der Waals surface area contributed by atoms with Crippen LogP contribution in [-0.4, -0.2) is 30.5 Å². The summed E-state index contributed by atoms with van der Waals surface area (Å²) in [5.74, 6) is 5.02. The molecule has 0 amide bonds. The summed E-state index contributed by atoms with van der Waals surface area (Å²) < 4.78 is 31.6. The molecule has 0 fully saturated rings. The van der Waals surface area contributed by atoms with Gasteiger partial charge in [0.1, 0.15) is 0 Å². The summed E-state index contributed by atoms with van der Waals surface area (Å²) in [6, 6.07) is 0. The number of nitrogens with one attached hydrogen (secondary N) is 1. The third-order valence-corrected chi connectivity index (χ3v) is 0.389. The molecule has 7 N–H and O–H groups in total. The molecule has 0 aliphatic heterocycles. The van der Waals surface area contributed by atoms with Crippen LogP contribution in [0.3, 0.4) is 0 Å². The number of rotatable bonds is 0. The molecule has 11 heavy (non-hydrogen) atoms. The Morgan fingerprint density at radius 2 is 1.82 bits per heavy atom. The average molecular weight is 186 g/mol. The van der Waals surface area contributed by atoms with Crippen molar-refractivity contribution in [1.29, 1.82) is 0 Å². The monoisotopic (exact) mass is 186 g/mol. The molecule has 0 aromatic heterocycles. The molecule has 0 aliphatic rings. The van der Waals surface area contributed by atoms with Crippen LogP contribution in [0.15, 0.2) is 4.99 Å². The van der Waals surface area contributed by atoms with E-state index in [0.29, 0.717) is 0 Å². The first-order valence-corrected chi connectivity index (χ1v) is 3.59. The molecule has 0 bridgehead atoms. The van der Waals surface area contributed by atoms with E-state index in [4.69, 9.17) is 29.1 Å². The fourth-order valence-corrected chi connectivity index (χ4v) is 0.0645. The van der Waals surface area contributed by atoms with Gasteiger partial charge in [-0.3, -0.25) is 19.5 Å². The van der Waals surface area contributed by atoms with Gasteiger partial charge in [-0.2, -0.15) is 8.42 Å². The van der Waals surface area contributed by atoms with Crippen LogP contribution >= 0.6 is 0 Å².